The van der Waals surface area contributed by atoms with Crippen molar-refractivity contribution in [1.29, 1.82) is 0 Å². The molecule has 2 aromatic carbocycles. The molecule has 0 aliphatic rings. The Labute approximate surface area is 155 Å². The van der Waals surface area contributed by atoms with Gasteiger partial charge in [-0.25, -0.2) is 0 Å². The van der Waals surface area contributed by atoms with E-state index in [1.807, 2.05) is 60.7 Å². The molecule has 0 fully saturated rings. The third kappa shape index (κ3) is 7.70. The van der Waals surface area contributed by atoms with Gasteiger partial charge in [0, 0.05) is 0 Å². The average molecular weight is 409 g/mol. The molecular formula is C20H26O4Se. The van der Waals surface area contributed by atoms with Crippen LogP contribution in [0.25, 0.3) is 0 Å². The van der Waals surface area contributed by atoms with Crippen LogP contribution in [0.2, 0.25) is 4.82 Å². The monoisotopic (exact) mass is 410 g/mol. The van der Waals surface area contributed by atoms with Gasteiger partial charge in [-0.15, -0.1) is 0 Å². The van der Waals surface area contributed by atoms with Gasteiger partial charge in [0.15, 0.2) is 0 Å². The van der Waals surface area contributed by atoms with Crippen LogP contribution in [0.5, 0.6) is 0 Å². The SMILES string of the molecule is OCC[C@@H]([Se]c1ccccc1)[C@H](O)C[C@H](O)COCc1ccccc1. The van der Waals surface area contributed by atoms with E-state index >= 15 is 0 Å². The van der Waals surface area contributed by atoms with Crippen molar-refractivity contribution in [1.82, 2.24) is 0 Å². The first-order valence-electron chi connectivity index (χ1n) is 8.49. The van der Waals surface area contributed by atoms with Crippen LogP contribution in [0.15, 0.2) is 60.7 Å². The molecule has 4 nitrogen and oxygen atoms in total. The summed E-state index contributed by atoms with van der Waals surface area (Å²) in [5, 5.41) is 29.9. The van der Waals surface area contributed by atoms with Gasteiger partial charge in [-0.1, -0.05) is 0 Å². The molecule has 2 aromatic rings. The molecule has 0 amide bonds. The minimum absolute atomic E-state index is 0.0244. The second kappa shape index (κ2) is 11.4. The molecule has 0 spiro atoms. The van der Waals surface area contributed by atoms with E-state index < -0.39 is 12.2 Å². The van der Waals surface area contributed by atoms with Gasteiger partial charge in [-0.05, 0) is 0 Å². The van der Waals surface area contributed by atoms with Crippen LogP contribution in [0, 0.1) is 0 Å². The van der Waals surface area contributed by atoms with Gasteiger partial charge in [-0.3, -0.25) is 0 Å². The molecule has 3 atom stereocenters. The Kier molecular flexibility index (Phi) is 9.19. The molecule has 3 N–H and O–H groups in total. The normalized spacial score (nSPS) is 14.8. The maximum absolute atomic E-state index is 10.5. The van der Waals surface area contributed by atoms with Crippen LogP contribution in [0.3, 0.4) is 0 Å². The molecule has 0 aliphatic heterocycles. The summed E-state index contributed by atoms with van der Waals surface area (Å²) in [4.78, 5) is -0.0244. The first kappa shape index (κ1) is 20.1. The molecule has 136 valence electrons. The number of aliphatic hydroxyl groups is 3. The predicted octanol–water partition coefficient (Wildman–Crippen LogP) is 1.52. The van der Waals surface area contributed by atoms with Gasteiger partial charge in [0.2, 0.25) is 0 Å². The fourth-order valence-electron chi connectivity index (χ4n) is 2.52. The Morgan fingerprint density at radius 1 is 0.920 bits per heavy atom. The summed E-state index contributed by atoms with van der Waals surface area (Å²) in [7, 11) is 0. The van der Waals surface area contributed by atoms with Crippen molar-refractivity contribution < 1.29 is 20.1 Å². The predicted molar refractivity (Wildman–Crippen MR) is 100 cm³/mol. The number of benzene rings is 2. The number of hydrogen-bond donors (Lipinski definition) is 3. The number of aliphatic hydroxyl groups excluding tert-OH is 3. The second-order valence-corrected chi connectivity index (χ2v) is 8.69. The van der Waals surface area contributed by atoms with E-state index in [0.717, 1.165) is 5.56 Å². The fourth-order valence-corrected chi connectivity index (χ4v) is 4.94. The van der Waals surface area contributed by atoms with Crippen LogP contribution in [0.1, 0.15) is 18.4 Å². The van der Waals surface area contributed by atoms with Crippen molar-refractivity contribution in [2.24, 2.45) is 0 Å². The molecule has 0 heterocycles. The van der Waals surface area contributed by atoms with E-state index in [9.17, 15) is 15.3 Å². The van der Waals surface area contributed by atoms with Gasteiger partial charge < -0.3 is 0 Å². The van der Waals surface area contributed by atoms with E-state index in [4.69, 9.17) is 4.74 Å². The minimum atomic E-state index is -0.716. The third-order valence-corrected chi connectivity index (χ3v) is 6.74. The Morgan fingerprint density at radius 3 is 2.20 bits per heavy atom. The molecule has 0 unspecified atom stereocenters. The molecular weight excluding hydrogens is 383 g/mol. The third-order valence-electron chi connectivity index (χ3n) is 3.81. The van der Waals surface area contributed by atoms with E-state index in [1.54, 1.807) is 0 Å². The van der Waals surface area contributed by atoms with Gasteiger partial charge in [0.1, 0.15) is 0 Å². The zero-order valence-corrected chi connectivity index (χ0v) is 15.9. The Bertz CT molecular complexity index is 579. The molecule has 0 radical (unpaired) electrons. The Balaban J connectivity index is 1.77. The van der Waals surface area contributed by atoms with Gasteiger partial charge in [-0.2, -0.15) is 0 Å². The quantitative estimate of drug-likeness (QED) is 0.493. The molecule has 0 aliphatic carbocycles. The Morgan fingerprint density at radius 2 is 1.56 bits per heavy atom. The maximum atomic E-state index is 10.5. The summed E-state index contributed by atoms with van der Waals surface area (Å²) in [6.07, 6.45) is -0.573. The van der Waals surface area contributed by atoms with Crippen LogP contribution >= 0.6 is 0 Å². The molecule has 0 saturated carbocycles. The van der Waals surface area contributed by atoms with Gasteiger partial charge in [0.05, 0.1) is 0 Å². The van der Waals surface area contributed by atoms with E-state index in [-0.39, 0.29) is 39.4 Å². The molecule has 25 heavy (non-hydrogen) atoms. The molecule has 2 rings (SSSR count). The summed E-state index contributed by atoms with van der Waals surface area (Å²) < 4.78 is 6.72. The summed E-state index contributed by atoms with van der Waals surface area (Å²) in [6.45, 7) is 0.676. The van der Waals surface area contributed by atoms with Crippen molar-refractivity contribution in [2.45, 2.75) is 36.5 Å². The zero-order chi connectivity index (χ0) is 17.9. The molecule has 5 heteroatoms. The second-order valence-electron chi connectivity index (χ2n) is 5.94. The number of rotatable bonds is 11. The van der Waals surface area contributed by atoms with E-state index in [1.165, 1.54) is 4.46 Å². The van der Waals surface area contributed by atoms with Crippen LogP contribution in [0.4, 0.5) is 0 Å². The standard InChI is InChI=1S/C20H26O4Se/c21-12-11-20(25-18-9-5-2-6-10-18)19(23)13-17(22)15-24-14-16-7-3-1-4-8-16/h1-10,17,19-23H,11-15H2/t17-,19+,20+/m0/s1. The zero-order valence-electron chi connectivity index (χ0n) is 14.2. The van der Waals surface area contributed by atoms with Gasteiger partial charge >= 0.3 is 155 Å². The summed E-state index contributed by atoms with van der Waals surface area (Å²) >= 11 is 0.0496. The van der Waals surface area contributed by atoms with Crippen molar-refractivity contribution in [3.05, 3.63) is 66.2 Å². The van der Waals surface area contributed by atoms with E-state index in [0.29, 0.717) is 13.0 Å². The average Bonchev–Trinajstić information content (AvgIpc) is 2.63. The molecule has 0 saturated heterocycles. The Hall–Kier alpha value is -1.20. The summed E-state index contributed by atoms with van der Waals surface area (Å²) in [5.74, 6) is 0. The van der Waals surface area contributed by atoms with E-state index in [2.05, 4.69) is 0 Å². The van der Waals surface area contributed by atoms with Crippen molar-refractivity contribution >= 4 is 19.4 Å². The topological polar surface area (TPSA) is 69.9 Å². The number of ether oxygens (including phenoxy) is 1. The fraction of sp³-hybridized carbons (Fsp3) is 0.400. The first-order chi connectivity index (χ1) is 12.2. The summed E-state index contributed by atoms with van der Waals surface area (Å²) in [6, 6.07) is 19.8. The van der Waals surface area contributed by atoms with Crippen molar-refractivity contribution in [2.75, 3.05) is 13.2 Å². The van der Waals surface area contributed by atoms with Gasteiger partial charge in [0.25, 0.3) is 0 Å². The van der Waals surface area contributed by atoms with Crippen molar-refractivity contribution in [3.8, 4) is 0 Å². The number of hydrogen-bond acceptors (Lipinski definition) is 4. The van der Waals surface area contributed by atoms with Crippen LogP contribution in [-0.4, -0.2) is 55.7 Å². The molecule has 0 aromatic heterocycles. The van der Waals surface area contributed by atoms with Crippen molar-refractivity contribution in [3.63, 3.8) is 0 Å². The first-order valence-corrected chi connectivity index (χ1v) is 10.3. The van der Waals surface area contributed by atoms with Crippen LogP contribution in [-0.2, 0) is 11.3 Å². The molecule has 0 bridgehead atoms. The van der Waals surface area contributed by atoms with Crippen LogP contribution < -0.4 is 4.46 Å². The summed E-state index contributed by atoms with van der Waals surface area (Å²) in [5.41, 5.74) is 1.06.